The summed E-state index contributed by atoms with van der Waals surface area (Å²) in [6.45, 7) is 0. The Balaban J connectivity index is 1.67. The highest BCUT2D eigenvalue weighted by molar-refractivity contribution is 6.35. The molecular weight excluding hydrogens is 341 g/mol. The van der Waals surface area contributed by atoms with E-state index in [9.17, 15) is 9.59 Å². The van der Waals surface area contributed by atoms with Crippen LogP contribution < -0.4 is 10.1 Å². The average Bonchev–Trinajstić information content (AvgIpc) is 2.82. The van der Waals surface area contributed by atoms with Crippen molar-refractivity contribution < 1.29 is 19.1 Å². The van der Waals surface area contributed by atoms with Crippen molar-refractivity contribution in [3.8, 4) is 11.5 Å². The van der Waals surface area contributed by atoms with Crippen molar-refractivity contribution in [1.29, 1.82) is 0 Å². The summed E-state index contributed by atoms with van der Waals surface area (Å²) in [5.74, 6) is 0.655. The average molecular weight is 352 g/mol. The number of carbonyl (C=O) groups is 2. The van der Waals surface area contributed by atoms with Gasteiger partial charge in [0.15, 0.2) is 6.10 Å². The zero-order chi connectivity index (χ0) is 16.4. The summed E-state index contributed by atoms with van der Waals surface area (Å²) in [5, 5.41) is 3.03. The zero-order valence-electron chi connectivity index (χ0n) is 11.7. The molecule has 0 spiro atoms. The number of hydrogen-bond acceptors (Lipinski definition) is 4. The summed E-state index contributed by atoms with van der Waals surface area (Å²) < 4.78 is 10.5. The highest BCUT2D eigenvalue weighted by Gasteiger charge is 2.31. The van der Waals surface area contributed by atoms with Gasteiger partial charge in [-0.05, 0) is 35.9 Å². The fourth-order valence-corrected chi connectivity index (χ4v) is 2.57. The van der Waals surface area contributed by atoms with Crippen molar-refractivity contribution in [2.75, 3.05) is 0 Å². The second-order valence-corrected chi connectivity index (χ2v) is 5.75. The fourth-order valence-electron chi connectivity index (χ4n) is 2.12. The van der Waals surface area contributed by atoms with E-state index in [4.69, 9.17) is 32.7 Å². The molecule has 1 atom stereocenters. The van der Waals surface area contributed by atoms with Gasteiger partial charge in [0.1, 0.15) is 11.5 Å². The van der Waals surface area contributed by atoms with E-state index in [0.717, 1.165) is 5.56 Å². The zero-order valence-corrected chi connectivity index (χ0v) is 13.2. The third-order valence-corrected chi connectivity index (χ3v) is 3.76. The van der Waals surface area contributed by atoms with Crippen LogP contribution in [0.5, 0.6) is 11.5 Å². The maximum atomic E-state index is 11.5. The molecule has 0 aliphatic carbocycles. The number of amides is 2. The van der Waals surface area contributed by atoms with Crippen LogP contribution in [-0.4, -0.2) is 18.1 Å². The molecule has 1 heterocycles. The smallest absolute Gasteiger partial charge is 0.414 e. The molecule has 2 aromatic carbocycles. The lowest BCUT2D eigenvalue weighted by atomic mass is 10.1. The number of imide groups is 1. The Morgan fingerprint density at radius 3 is 2.43 bits per heavy atom. The molecule has 1 fully saturated rings. The Morgan fingerprint density at radius 2 is 1.83 bits per heavy atom. The normalized spacial score (nSPS) is 16.9. The molecule has 0 bridgehead atoms. The van der Waals surface area contributed by atoms with Crippen LogP contribution in [0, 0.1) is 0 Å². The molecule has 1 saturated heterocycles. The minimum atomic E-state index is -0.792. The van der Waals surface area contributed by atoms with Gasteiger partial charge in [0.05, 0.1) is 5.02 Å². The van der Waals surface area contributed by atoms with Gasteiger partial charge in [-0.3, -0.25) is 10.1 Å². The van der Waals surface area contributed by atoms with Crippen molar-refractivity contribution in [3.05, 3.63) is 58.1 Å². The Labute approximate surface area is 142 Å². The molecule has 1 unspecified atom stereocenters. The molecule has 1 aliphatic rings. The second kappa shape index (κ2) is 6.48. The molecule has 7 heteroatoms. The van der Waals surface area contributed by atoms with Crippen LogP contribution in [0.2, 0.25) is 10.0 Å². The molecule has 2 amide bonds. The lowest BCUT2D eigenvalue weighted by Gasteiger charge is -2.10. The molecule has 5 nitrogen and oxygen atoms in total. The van der Waals surface area contributed by atoms with Gasteiger partial charge in [0.2, 0.25) is 0 Å². The lowest BCUT2D eigenvalue weighted by Crippen LogP contribution is -2.25. The number of nitrogens with one attached hydrogen (secondary N) is 1. The SMILES string of the molecule is O=C1NC(=O)C(Cc2ccc(Oc3ccc(Cl)cc3Cl)cc2)O1. The second-order valence-electron chi connectivity index (χ2n) is 4.91. The van der Waals surface area contributed by atoms with E-state index in [1.54, 1.807) is 42.5 Å². The van der Waals surface area contributed by atoms with Crippen LogP contribution in [0.4, 0.5) is 4.79 Å². The fraction of sp³-hybridized carbons (Fsp3) is 0.125. The highest BCUT2D eigenvalue weighted by Crippen LogP contribution is 2.31. The van der Waals surface area contributed by atoms with Crippen molar-refractivity contribution >= 4 is 35.2 Å². The first-order chi connectivity index (χ1) is 11.0. The Kier molecular flexibility index (Phi) is 4.41. The Morgan fingerprint density at radius 1 is 1.09 bits per heavy atom. The Bertz CT molecular complexity index is 761. The van der Waals surface area contributed by atoms with E-state index in [1.165, 1.54) is 0 Å². The molecule has 118 valence electrons. The standard InChI is InChI=1S/C16H11Cl2NO4/c17-10-3-6-13(12(18)8-10)22-11-4-1-9(2-5-11)7-14-15(20)19-16(21)23-14/h1-6,8,14H,7H2,(H,19,20,21). The van der Waals surface area contributed by atoms with Gasteiger partial charge in [0.25, 0.3) is 5.91 Å². The van der Waals surface area contributed by atoms with Gasteiger partial charge in [0, 0.05) is 11.4 Å². The predicted molar refractivity (Wildman–Crippen MR) is 85.1 cm³/mol. The lowest BCUT2D eigenvalue weighted by molar-refractivity contribution is -0.123. The van der Waals surface area contributed by atoms with Crippen LogP contribution in [-0.2, 0) is 16.0 Å². The summed E-state index contributed by atoms with van der Waals surface area (Å²) in [6, 6.07) is 12.0. The number of benzene rings is 2. The number of ether oxygens (including phenoxy) is 2. The van der Waals surface area contributed by atoms with Crippen LogP contribution in [0.1, 0.15) is 5.56 Å². The molecule has 0 aromatic heterocycles. The van der Waals surface area contributed by atoms with E-state index in [-0.39, 0.29) is 0 Å². The minimum Gasteiger partial charge on any atom is -0.456 e. The van der Waals surface area contributed by atoms with E-state index in [1.807, 2.05) is 0 Å². The maximum Gasteiger partial charge on any atom is 0.414 e. The number of alkyl carbamates (subject to hydrolysis) is 1. The van der Waals surface area contributed by atoms with Gasteiger partial charge in [-0.2, -0.15) is 0 Å². The van der Waals surface area contributed by atoms with Crippen molar-refractivity contribution in [3.63, 3.8) is 0 Å². The van der Waals surface area contributed by atoms with E-state index < -0.39 is 18.1 Å². The van der Waals surface area contributed by atoms with Crippen LogP contribution in [0.15, 0.2) is 42.5 Å². The van der Waals surface area contributed by atoms with Gasteiger partial charge in [-0.1, -0.05) is 35.3 Å². The summed E-state index contributed by atoms with van der Waals surface area (Å²) >= 11 is 11.9. The van der Waals surface area contributed by atoms with Crippen molar-refractivity contribution in [1.82, 2.24) is 5.32 Å². The number of rotatable bonds is 4. The first kappa shape index (κ1) is 15.6. The molecule has 0 saturated carbocycles. The van der Waals surface area contributed by atoms with Crippen molar-refractivity contribution in [2.24, 2.45) is 0 Å². The predicted octanol–water partition coefficient (Wildman–Crippen LogP) is 3.96. The molecule has 1 aliphatic heterocycles. The highest BCUT2D eigenvalue weighted by atomic mass is 35.5. The molecule has 3 rings (SSSR count). The van der Waals surface area contributed by atoms with Crippen molar-refractivity contribution in [2.45, 2.75) is 12.5 Å². The first-order valence-corrected chi connectivity index (χ1v) is 7.50. The summed E-state index contributed by atoms with van der Waals surface area (Å²) in [7, 11) is 0. The van der Waals surface area contributed by atoms with E-state index >= 15 is 0 Å². The third-order valence-electron chi connectivity index (χ3n) is 3.23. The summed E-state index contributed by atoms with van der Waals surface area (Å²) in [5.41, 5.74) is 0.842. The van der Waals surface area contributed by atoms with Crippen LogP contribution in [0.3, 0.4) is 0 Å². The van der Waals surface area contributed by atoms with Gasteiger partial charge < -0.3 is 9.47 Å². The monoisotopic (exact) mass is 351 g/mol. The quantitative estimate of drug-likeness (QED) is 0.905. The largest absolute Gasteiger partial charge is 0.456 e. The third kappa shape index (κ3) is 3.75. The number of hydrogen-bond donors (Lipinski definition) is 1. The summed E-state index contributed by atoms with van der Waals surface area (Å²) in [4.78, 5) is 22.4. The Hall–Kier alpha value is -2.24. The van der Waals surface area contributed by atoms with Gasteiger partial charge in [-0.15, -0.1) is 0 Å². The molecule has 2 aromatic rings. The number of carbonyl (C=O) groups excluding carboxylic acids is 2. The number of halogens is 2. The van der Waals surface area contributed by atoms with Crippen LogP contribution in [0.25, 0.3) is 0 Å². The first-order valence-electron chi connectivity index (χ1n) is 6.74. The van der Waals surface area contributed by atoms with Gasteiger partial charge >= 0.3 is 6.09 Å². The number of cyclic esters (lactones) is 1. The van der Waals surface area contributed by atoms with Crippen LogP contribution >= 0.6 is 23.2 Å². The van der Waals surface area contributed by atoms with Gasteiger partial charge in [-0.25, -0.2) is 4.79 Å². The molecule has 0 radical (unpaired) electrons. The topological polar surface area (TPSA) is 64.6 Å². The molecular formula is C16H11Cl2NO4. The maximum absolute atomic E-state index is 11.5. The van der Waals surface area contributed by atoms with E-state index in [2.05, 4.69) is 5.32 Å². The molecule has 1 N–H and O–H groups in total. The van der Waals surface area contributed by atoms with E-state index in [0.29, 0.717) is 28.0 Å². The summed E-state index contributed by atoms with van der Waals surface area (Å²) in [6.07, 6.45) is -1.20. The minimum absolute atomic E-state index is 0.305. The molecule has 23 heavy (non-hydrogen) atoms.